The molecule has 0 bridgehead atoms. The Morgan fingerprint density at radius 3 is 2.70 bits per heavy atom. The number of benzene rings is 1. The quantitative estimate of drug-likeness (QED) is 0.446. The van der Waals surface area contributed by atoms with Gasteiger partial charge in [-0.2, -0.15) is 4.98 Å². The van der Waals surface area contributed by atoms with Crippen molar-refractivity contribution in [3.63, 3.8) is 0 Å². The van der Waals surface area contributed by atoms with Gasteiger partial charge in [0.25, 0.3) is 0 Å². The van der Waals surface area contributed by atoms with E-state index in [-0.39, 0.29) is 6.54 Å². The van der Waals surface area contributed by atoms with Gasteiger partial charge >= 0.3 is 0 Å². The Hall–Kier alpha value is -2.69. The van der Waals surface area contributed by atoms with E-state index in [2.05, 4.69) is 59.2 Å². The summed E-state index contributed by atoms with van der Waals surface area (Å²) < 4.78 is 25.8. The highest BCUT2D eigenvalue weighted by molar-refractivity contribution is 7.90. The molecule has 0 amide bonds. The van der Waals surface area contributed by atoms with E-state index < -0.39 is 23.5 Å². The number of fused-ring (bicyclic) bond motifs is 1. The van der Waals surface area contributed by atoms with Crippen LogP contribution in [0.4, 0.5) is 27.7 Å². The molecule has 3 aromatic rings. The van der Waals surface area contributed by atoms with Crippen LogP contribution >= 0.6 is 0 Å². The summed E-state index contributed by atoms with van der Waals surface area (Å²) in [5.41, 5.74) is 2.40. The number of aliphatic hydroxyl groups is 1. The predicted octanol–water partition coefficient (Wildman–Crippen LogP) is 4.00. The number of nitrogens with zero attached hydrogens (tertiary/aromatic N) is 5. The van der Waals surface area contributed by atoms with Crippen LogP contribution in [0.2, 0.25) is 0 Å². The normalized spacial score (nSPS) is 24.9. The number of rotatable bonds is 7. The summed E-state index contributed by atoms with van der Waals surface area (Å²) >= 11 is -0.793. The number of hydrogen-bond donors (Lipinski definition) is 2. The maximum atomic E-state index is 14.0. The van der Waals surface area contributed by atoms with E-state index in [1.165, 1.54) is 5.56 Å². The SMILES string of the molecule is CC(C)c1ccc(N2C[C@H](C[S@+](C)[O-])[C@H]2C)c2cnc(Nc3ccnc(N4CC[C@H](O)[C@H](F)C4)n3)cc12. The first kappa shape index (κ1) is 25.9. The van der Waals surface area contributed by atoms with Crippen molar-refractivity contribution < 1.29 is 14.0 Å². The van der Waals surface area contributed by atoms with Gasteiger partial charge in [0.1, 0.15) is 23.6 Å². The molecule has 0 unspecified atom stereocenters. The van der Waals surface area contributed by atoms with Crippen LogP contribution in [-0.4, -0.2) is 74.6 Å². The standard InChI is InChI=1S/C27H35FN6O2S/c1-16(2)19-5-6-23(34-13-18(17(34)3)15-37(4)36)21-12-30-26(11-20(19)21)31-25-7-9-29-27(32-25)33-10-8-24(35)22(28)14-33/h5-7,9,11-12,16-18,22,24,35H,8,10,13-15H2,1-4H3,(H,29,30,31,32)/t17-,18-,22-,24+,37+/m1/s1. The summed E-state index contributed by atoms with van der Waals surface area (Å²) in [4.78, 5) is 17.7. The number of piperidine rings is 1. The Bertz CT molecular complexity index is 1260. The number of hydrogen-bond acceptors (Lipinski definition) is 8. The molecule has 5 rings (SSSR count). The van der Waals surface area contributed by atoms with Gasteiger partial charge in [0, 0.05) is 48.5 Å². The Balaban J connectivity index is 1.41. The molecule has 0 spiro atoms. The molecule has 0 radical (unpaired) electrons. The highest BCUT2D eigenvalue weighted by atomic mass is 32.2. The zero-order valence-corrected chi connectivity index (χ0v) is 22.6. The van der Waals surface area contributed by atoms with Gasteiger partial charge in [-0.15, -0.1) is 0 Å². The zero-order chi connectivity index (χ0) is 26.3. The topological polar surface area (TPSA) is 100 Å². The molecule has 4 heterocycles. The van der Waals surface area contributed by atoms with Crippen molar-refractivity contribution in [1.29, 1.82) is 0 Å². The molecule has 2 aliphatic rings. The van der Waals surface area contributed by atoms with Gasteiger partial charge in [0.05, 0.1) is 18.9 Å². The van der Waals surface area contributed by atoms with Crippen LogP contribution < -0.4 is 15.1 Å². The maximum Gasteiger partial charge on any atom is 0.227 e. The lowest BCUT2D eigenvalue weighted by molar-refractivity contribution is 0.0612. The van der Waals surface area contributed by atoms with E-state index in [1.807, 2.05) is 6.20 Å². The molecular weight excluding hydrogens is 491 g/mol. The third-order valence-electron chi connectivity index (χ3n) is 7.59. The van der Waals surface area contributed by atoms with Crippen LogP contribution in [0, 0.1) is 5.92 Å². The summed E-state index contributed by atoms with van der Waals surface area (Å²) in [7, 11) is 0. The first-order valence-corrected chi connectivity index (χ1v) is 14.6. The molecule has 1 aromatic carbocycles. The van der Waals surface area contributed by atoms with Crippen molar-refractivity contribution in [2.24, 2.45) is 5.92 Å². The molecular formula is C27H35FN6O2S. The Labute approximate surface area is 220 Å². The third-order valence-corrected chi connectivity index (χ3v) is 8.48. The molecule has 0 saturated carbocycles. The van der Waals surface area contributed by atoms with Gasteiger partial charge in [0.15, 0.2) is 0 Å². The number of anilines is 4. The number of pyridine rings is 1. The van der Waals surface area contributed by atoms with Crippen LogP contribution in [0.5, 0.6) is 0 Å². The minimum absolute atomic E-state index is 0.0727. The average Bonchev–Trinajstić information content (AvgIpc) is 2.87. The van der Waals surface area contributed by atoms with Gasteiger partial charge in [-0.05, 0) is 48.4 Å². The van der Waals surface area contributed by atoms with E-state index in [9.17, 15) is 14.0 Å². The number of nitrogens with one attached hydrogen (secondary N) is 1. The highest BCUT2D eigenvalue weighted by Crippen LogP contribution is 2.39. The molecule has 2 saturated heterocycles. The van der Waals surface area contributed by atoms with E-state index in [0.717, 1.165) is 28.8 Å². The molecule has 198 valence electrons. The summed E-state index contributed by atoms with van der Waals surface area (Å²) in [6, 6.07) is 8.54. The summed E-state index contributed by atoms with van der Waals surface area (Å²) in [5.74, 6) is 3.18. The van der Waals surface area contributed by atoms with E-state index in [1.54, 1.807) is 23.4 Å². The van der Waals surface area contributed by atoms with Crippen molar-refractivity contribution in [3.8, 4) is 0 Å². The third kappa shape index (κ3) is 5.32. The van der Waals surface area contributed by atoms with E-state index >= 15 is 0 Å². The summed E-state index contributed by atoms with van der Waals surface area (Å²) in [6.45, 7) is 8.05. The second kappa shape index (κ2) is 10.6. The van der Waals surface area contributed by atoms with Crippen LogP contribution in [0.25, 0.3) is 10.8 Å². The van der Waals surface area contributed by atoms with Crippen LogP contribution in [0.3, 0.4) is 0 Å². The summed E-state index contributed by atoms with van der Waals surface area (Å²) in [6.07, 6.45) is 3.44. The Morgan fingerprint density at radius 1 is 1.19 bits per heavy atom. The minimum atomic E-state index is -1.31. The largest absolute Gasteiger partial charge is 0.617 e. The smallest absolute Gasteiger partial charge is 0.227 e. The van der Waals surface area contributed by atoms with Gasteiger partial charge in [-0.25, -0.2) is 14.4 Å². The molecule has 8 nitrogen and oxygen atoms in total. The van der Waals surface area contributed by atoms with Crippen LogP contribution in [-0.2, 0) is 11.2 Å². The van der Waals surface area contributed by atoms with Crippen molar-refractivity contribution in [2.45, 2.75) is 51.4 Å². The number of aromatic nitrogens is 3. The number of aliphatic hydroxyl groups excluding tert-OH is 1. The predicted molar refractivity (Wildman–Crippen MR) is 148 cm³/mol. The minimum Gasteiger partial charge on any atom is -0.617 e. The van der Waals surface area contributed by atoms with Crippen molar-refractivity contribution >= 4 is 45.2 Å². The Morgan fingerprint density at radius 2 is 2.00 bits per heavy atom. The first-order chi connectivity index (χ1) is 17.7. The lowest BCUT2D eigenvalue weighted by Gasteiger charge is -2.48. The zero-order valence-electron chi connectivity index (χ0n) is 21.8. The summed E-state index contributed by atoms with van der Waals surface area (Å²) in [5, 5.41) is 15.2. The highest BCUT2D eigenvalue weighted by Gasteiger charge is 2.38. The molecule has 2 fully saturated rings. The van der Waals surface area contributed by atoms with Gasteiger partial charge in [-0.3, -0.25) is 0 Å². The molecule has 5 atom stereocenters. The Kier molecular flexibility index (Phi) is 7.42. The second-order valence-corrected chi connectivity index (χ2v) is 12.0. The molecule has 2 aliphatic heterocycles. The second-order valence-electron chi connectivity index (χ2n) is 10.5. The van der Waals surface area contributed by atoms with E-state index in [0.29, 0.717) is 48.4 Å². The van der Waals surface area contributed by atoms with Gasteiger partial charge in [-0.1, -0.05) is 31.1 Å². The number of alkyl halides is 1. The molecule has 10 heteroatoms. The lowest BCUT2D eigenvalue weighted by atomic mass is 9.88. The van der Waals surface area contributed by atoms with Crippen molar-refractivity contribution in [3.05, 3.63) is 42.2 Å². The fourth-order valence-electron chi connectivity index (χ4n) is 5.34. The van der Waals surface area contributed by atoms with Gasteiger partial charge < -0.3 is 24.8 Å². The van der Waals surface area contributed by atoms with Gasteiger partial charge in [0.2, 0.25) is 5.95 Å². The molecule has 2 aromatic heterocycles. The maximum absolute atomic E-state index is 14.0. The number of halogens is 1. The van der Waals surface area contributed by atoms with Crippen LogP contribution in [0.1, 0.15) is 38.7 Å². The van der Waals surface area contributed by atoms with E-state index in [4.69, 9.17) is 4.98 Å². The van der Waals surface area contributed by atoms with Crippen molar-refractivity contribution in [2.75, 3.05) is 46.8 Å². The average molecular weight is 527 g/mol. The first-order valence-electron chi connectivity index (χ1n) is 12.9. The molecule has 2 N–H and O–H groups in total. The molecule has 0 aliphatic carbocycles. The fraction of sp³-hybridized carbons (Fsp3) is 0.519. The monoisotopic (exact) mass is 526 g/mol. The lowest BCUT2D eigenvalue weighted by Crippen LogP contribution is -2.57. The van der Waals surface area contributed by atoms with Crippen molar-refractivity contribution in [1.82, 2.24) is 15.0 Å². The molecule has 37 heavy (non-hydrogen) atoms. The van der Waals surface area contributed by atoms with Crippen LogP contribution in [0.15, 0.2) is 36.7 Å². The fourth-order valence-corrected chi connectivity index (χ4v) is 6.33.